The summed E-state index contributed by atoms with van der Waals surface area (Å²) in [6.07, 6.45) is 8.40. The van der Waals surface area contributed by atoms with Crippen LogP contribution in [0.2, 0.25) is 0 Å². The zero-order valence-electron chi connectivity index (χ0n) is 15.6. The second kappa shape index (κ2) is 6.29. The van der Waals surface area contributed by atoms with E-state index in [1.165, 1.54) is 29.7 Å². The number of carbonyl (C=O) groups excluding carboxylic acids is 1. The quantitative estimate of drug-likeness (QED) is 0.686. The molecule has 4 heterocycles. The molecule has 0 N–H and O–H groups in total. The van der Waals surface area contributed by atoms with Crippen LogP contribution >= 0.6 is 11.3 Å². The predicted octanol–water partition coefficient (Wildman–Crippen LogP) is 3.41. The molecule has 2 atom stereocenters. The topological polar surface area (TPSA) is 41.4 Å². The maximum atomic E-state index is 13.2. The van der Waals surface area contributed by atoms with E-state index in [9.17, 15) is 4.79 Å². The highest BCUT2D eigenvalue weighted by Gasteiger charge is 2.50. The van der Waals surface area contributed by atoms with Crippen molar-refractivity contribution in [2.45, 2.75) is 44.3 Å². The third-order valence-corrected chi connectivity index (χ3v) is 7.22. The first-order valence-corrected chi connectivity index (χ1v) is 10.9. The zero-order chi connectivity index (χ0) is 18.7. The van der Waals surface area contributed by atoms with Gasteiger partial charge < -0.3 is 4.90 Å². The minimum atomic E-state index is -0.00194. The van der Waals surface area contributed by atoms with Crippen LogP contribution in [-0.2, 0) is 24.2 Å². The van der Waals surface area contributed by atoms with Crippen LogP contribution in [0.1, 0.15) is 29.7 Å². The van der Waals surface area contributed by atoms with Crippen LogP contribution in [0, 0.1) is 0 Å². The third kappa shape index (κ3) is 2.48. The van der Waals surface area contributed by atoms with Crippen molar-refractivity contribution in [3.8, 4) is 5.13 Å². The molecule has 5 nitrogen and oxygen atoms in total. The van der Waals surface area contributed by atoms with Gasteiger partial charge in [0.05, 0.1) is 12.1 Å². The lowest BCUT2D eigenvalue weighted by Gasteiger charge is -2.34. The van der Waals surface area contributed by atoms with Crippen molar-refractivity contribution >= 4 is 22.9 Å². The van der Waals surface area contributed by atoms with Gasteiger partial charge in [-0.1, -0.05) is 6.07 Å². The fraction of sp³-hybridized carbons (Fsp3) is 0.364. The van der Waals surface area contributed by atoms with Crippen molar-refractivity contribution in [2.75, 3.05) is 11.4 Å². The summed E-state index contributed by atoms with van der Waals surface area (Å²) in [5.74, 6) is 0.265. The number of carbonyl (C=O) groups is 1. The molecule has 28 heavy (non-hydrogen) atoms. The van der Waals surface area contributed by atoms with Gasteiger partial charge in [0.1, 0.15) is 0 Å². The van der Waals surface area contributed by atoms with E-state index >= 15 is 0 Å². The van der Waals surface area contributed by atoms with Crippen LogP contribution in [0.3, 0.4) is 0 Å². The first kappa shape index (κ1) is 16.5. The van der Waals surface area contributed by atoms with Gasteiger partial charge in [0.15, 0.2) is 5.13 Å². The molecule has 2 aromatic heterocycles. The molecule has 0 radical (unpaired) electrons. The molecule has 3 aliphatic rings. The Balaban J connectivity index is 1.23. The highest BCUT2D eigenvalue weighted by molar-refractivity contribution is 7.12. The standard InChI is InChI=1S/C22H22N4OS/c27-21-20-12-19(26(21)17-7-6-15-3-1-4-16(15)11-17)14-24(20)13-18-5-2-9-25(18)22-23-8-10-28-22/h2,5-11,19-20H,1,3-4,12-14H2/t19-,20-/m0/s1. The van der Waals surface area contributed by atoms with E-state index in [-0.39, 0.29) is 11.9 Å². The Morgan fingerprint density at radius 1 is 1.18 bits per heavy atom. The van der Waals surface area contributed by atoms with Crippen LogP contribution in [0.15, 0.2) is 48.1 Å². The summed E-state index contributed by atoms with van der Waals surface area (Å²) in [5, 5.41) is 2.98. The Morgan fingerprint density at radius 3 is 2.96 bits per heavy atom. The average molecular weight is 391 g/mol. The molecule has 2 saturated heterocycles. The van der Waals surface area contributed by atoms with Gasteiger partial charge in [0.25, 0.3) is 0 Å². The summed E-state index contributed by atoms with van der Waals surface area (Å²) in [6, 6.07) is 11.1. The second-order valence-electron chi connectivity index (χ2n) is 8.03. The Hall–Kier alpha value is -2.44. The van der Waals surface area contributed by atoms with E-state index in [0.717, 1.165) is 36.8 Å². The van der Waals surface area contributed by atoms with Crippen molar-refractivity contribution in [3.63, 3.8) is 0 Å². The maximum absolute atomic E-state index is 13.2. The summed E-state index contributed by atoms with van der Waals surface area (Å²) >= 11 is 1.63. The number of piperazine rings is 1. The van der Waals surface area contributed by atoms with E-state index in [4.69, 9.17) is 0 Å². The number of thiazole rings is 1. The Labute approximate surface area is 168 Å². The van der Waals surface area contributed by atoms with Crippen molar-refractivity contribution in [2.24, 2.45) is 0 Å². The fourth-order valence-electron chi connectivity index (χ4n) is 5.16. The molecular weight excluding hydrogens is 368 g/mol. The second-order valence-corrected chi connectivity index (χ2v) is 8.91. The molecule has 0 unspecified atom stereocenters. The summed E-state index contributed by atoms with van der Waals surface area (Å²) in [5.41, 5.74) is 5.19. The van der Waals surface area contributed by atoms with Crippen molar-refractivity contribution in [1.82, 2.24) is 14.5 Å². The number of aromatic nitrogens is 2. The number of rotatable bonds is 4. The zero-order valence-corrected chi connectivity index (χ0v) is 16.4. The maximum Gasteiger partial charge on any atom is 0.244 e. The minimum Gasteiger partial charge on any atom is -0.307 e. The number of fused-ring (bicyclic) bond motifs is 3. The molecule has 6 heteroatoms. The van der Waals surface area contributed by atoms with Gasteiger partial charge in [-0.3, -0.25) is 14.3 Å². The van der Waals surface area contributed by atoms with Gasteiger partial charge in [-0.15, -0.1) is 11.3 Å². The number of amides is 1. The van der Waals surface area contributed by atoms with Gasteiger partial charge in [0, 0.05) is 42.2 Å². The first-order chi connectivity index (χ1) is 13.8. The van der Waals surface area contributed by atoms with E-state index in [1.807, 2.05) is 11.6 Å². The van der Waals surface area contributed by atoms with Gasteiger partial charge >= 0.3 is 0 Å². The number of likely N-dealkylation sites (tertiary alicyclic amines) is 1. The normalized spacial score (nSPS) is 23.7. The number of anilines is 1. The molecule has 2 fully saturated rings. The van der Waals surface area contributed by atoms with E-state index in [1.54, 1.807) is 11.3 Å². The van der Waals surface area contributed by atoms with Gasteiger partial charge in [-0.2, -0.15) is 0 Å². The Morgan fingerprint density at radius 2 is 2.11 bits per heavy atom. The SMILES string of the molecule is O=C1[C@@H]2C[C@@H](CN2Cc2cccn2-c2nccs2)N1c1ccc2c(c1)CCC2. The van der Waals surface area contributed by atoms with Gasteiger partial charge in [0.2, 0.25) is 5.91 Å². The number of aryl methyl sites for hydroxylation is 2. The lowest BCUT2D eigenvalue weighted by atomic mass is 10.1. The van der Waals surface area contributed by atoms with Gasteiger partial charge in [-0.05, 0) is 61.1 Å². The van der Waals surface area contributed by atoms with Crippen LogP contribution in [0.5, 0.6) is 0 Å². The molecule has 3 aromatic rings. The molecule has 0 spiro atoms. The van der Waals surface area contributed by atoms with Crippen molar-refractivity contribution in [3.05, 3.63) is 64.9 Å². The number of hydrogen-bond donors (Lipinski definition) is 0. The molecule has 1 aromatic carbocycles. The summed E-state index contributed by atoms with van der Waals surface area (Å²) in [7, 11) is 0. The summed E-state index contributed by atoms with van der Waals surface area (Å²) in [6.45, 7) is 1.73. The minimum absolute atomic E-state index is 0.00194. The van der Waals surface area contributed by atoms with Crippen LogP contribution in [0.25, 0.3) is 5.13 Å². The summed E-state index contributed by atoms with van der Waals surface area (Å²) < 4.78 is 2.14. The Kier molecular flexibility index (Phi) is 3.71. The molecule has 2 aliphatic heterocycles. The molecule has 1 amide bonds. The predicted molar refractivity (Wildman–Crippen MR) is 110 cm³/mol. The average Bonchev–Trinajstić information content (AvgIpc) is 3.49. The Bertz CT molecular complexity index is 1040. The molecule has 1 aliphatic carbocycles. The molecule has 6 rings (SSSR count). The molecular formula is C22H22N4OS. The number of nitrogens with zero attached hydrogens (tertiary/aromatic N) is 4. The van der Waals surface area contributed by atoms with E-state index in [2.05, 4.69) is 55.9 Å². The third-order valence-electron chi connectivity index (χ3n) is 6.45. The first-order valence-electron chi connectivity index (χ1n) is 10.0. The van der Waals surface area contributed by atoms with E-state index in [0.29, 0.717) is 6.04 Å². The highest BCUT2D eigenvalue weighted by atomic mass is 32.1. The van der Waals surface area contributed by atoms with E-state index < -0.39 is 0 Å². The lowest BCUT2D eigenvalue weighted by Crippen LogP contribution is -2.50. The smallest absolute Gasteiger partial charge is 0.244 e. The van der Waals surface area contributed by atoms with Crippen LogP contribution < -0.4 is 4.90 Å². The largest absolute Gasteiger partial charge is 0.307 e. The molecule has 142 valence electrons. The lowest BCUT2D eigenvalue weighted by molar-refractivity contribution is -0.122. The fourth-order valence-corrected chi connectivity index (χ4v) is 5.82. The molecule has 0 saturated carbocycles. The van der Waals surface area contributed by atoms with Crippen LogP contribution in [-0.4, -0.2) is 39.0 Å². The van der Waals surface area contributed by atoms with Crippen molar-refractivity contribution < 1.29 is 4.79 Å². The number of benzene rings is 1. The van der Waals surface area contributed by atoms with Gasteiger partial charge in [-0.25, -0.2) is 4.98 Å². The summed E-state index contributed by atoms with van der Waals surface area (Å²) in [4.78, 5) is 22.0. The highest BCUT2D eigenvalue weighted by Crippen LogP contribution is 2.38. The van der Waals surface area contributed by atoms with Crippen molar-refractivity contribution in [1.29, 1.82) is 0 Å². The number of hydrogen-bond acceptors (Lipinski definition) is 4. The molecule has 2 bridgehead atoms. The monoisotopic (exact) mass is 390 g/mol. The van der Waals surface area contributed by atoms with Crippen LogP contribution in [0.4, 0.5) is 5.69 Å².